The summed E-state index contributed by atoms with van der Waals surface area (Å²) in [5, 5.41) is 2.84. The minimum absolute atomic E-state index is 0.124. The monoisotopic (exact) mass is 248 g/mol. The van der Waals surface area contributed by atoms with Crippen molar-refractivity contribution in [3.63, 3.8) is 0 Å². The molecule has 18 heavy (non-hydrogen) atoms. The molecule has 0 saturated carbocycles. The molecule has 0 bridgehead atoms. The zero-order chi connectivity index (χ0) is 13.2. The predicted octanol–water partition coefficient (Wildman–Crippen LogP) is 2.08. The first kappa shape index (κ1) is 14.7. The van der Waals surface area contributed by atoms with Crippen molar-refractivity contribution < 1.29 is 4.79 Å². The maximum atomic E-state index is 11.5. The SMILES string of the molecule is CCNC(=O)CN(CC)CCCc1ccccc1. The Morgan fingerprint density at radius 3 is 2.56 bits per heavy atom. The molecule has 0 fully saturated rings. The fourth-order valence-corrected chi connectivity index (χ4v) is 1.96. The highest BCUT2D eigenvalue weighted by Gasteiger charge is 2.07. The third-order valence-corrected chi connectivity index (χ3v) is 2.97. The number of aryl methyl sites for hydroxylation is 1. The van der Waals surface area contributed by atoms with Crippen molar-refractivity contribution >= 4 is 5.91 Å². The van der Waals surface area contributed by atoms with Gasteiger partial charge in [0.1, 0.15) is 0 Å². The van der Waals surface area contributed by atoms with Crippen LogP contribution < -0.4 is 5.32 Å². The van der Waals surface area contributed by atoms with Gasteiger partial charge in [0.25, 0.3) is 0 Å². The van der Waals surface area contributed by atoms with E-state index < -0.39 is 0 Å². The zero-order valence-corrected chi connectivity index (χ0v) is 11.5. The van der Waals surface area contributed by atoms with Crippen LogP contribution in [0, 0.1) is 0 Å². The summed E-state index contributed by atoms with van der Waals surface area (Å²) in [6.07, 6.45) is 2.17. The summed E-state index contributed by atoms with van der Waals surface area (Å²) in [6, 6.07) is 10.5. The van der Waals surface area contributed by atoms with Gasteiger partial charge in [0.05, 0.1) is 6.54 Å². The molecule has 1 aromatic rings. The molecule has 1 N–H and O–H groups in total. The van der Waals surface area contributed by atoms with Gasteiger partial charge in [0.15, 0.2) is 0 Å². The summed E-state index contributed by atoms with van der Waals surface area (Å²) in [5.74, 6) is 0.124. The van der Waals surface area contributed by atoms with Gasteiger partial charge in [-0.05, 0) is 38.4 Å². The fourth-order valence-electron chi connectivity index (χ4n) is 1.96. The van der Waals surface area contributed by atoms with Gasteiger partial charge in [-0.3, -0.25) is 9.69 Å². The Hall–Kier alpha value is -1.35. The van der Waals surface area contributed by atoms with E-state index >= 15 is 0 Å². The van der Waals surface area contributed by atoms with Crippen molar-refractivity contribution in [2.75, 3.05) is 26.2 Å². The third-order valence-electron chi connectivity index (χ3n) is 2.97. The molecule has 0 aliphatic rings. The second kappa shape index (κ2) is 8.70. The first-order chi connectivity index (χ1) is 8.76. The maximum Gasteiger partial charge on any atom is 0.234 e. The standard InChI is InChI=1S/C15H24N2O/c1-3-16-15(18)13-17(4-2)12-8-11-14-9-6-5-7-10-14/h5-7,9-10H,3-4,8,11-13H2,1-2H3,(H,16,18). The van der Waals surface area contributed by atoms with Gasteiger partial charge < -0.3 is 5.32 Å². The second-order valence-corrected chi connectivity index (χ2v) is 4.41. The van der Waals surface area contributed by atoms with Gasteiger partial charge in [-0.1, -0.05) is 37.3 Å². The van der Waals surface area contributed by atoms with Crippen LogP contribution in [0.5, 0.6) is 0 Å². The lowest BCUT2D eigenvalue weighted by Gasteiger charge is -2.19. The number of likely N-dealkylation sites (N-methyl/N-ethyl adjacent to an activating group) is 2. The molecule has 0 aliphatic heterocycles. The van der Waals surface area contributed by atoms with Gasteiger partial charge >= 0.3 is 0 Å². The van der Waals surface area contributed by atoms with Crippen molar-refractivity contribution in [3.05, 3.63) is 35.9 Å². The summed E-state index contributed by atoms with van der Waals surface area (Å²) < 4.78 is 0. The molecule has 100 valence electrons. The molecular formula is C15H24N2O. The summed E-state index contributed by atoms with van der Waals surface area (Å²) >= 11 is 0. The molecule has 3 nitrogen and oxygen atoms in total. The Labute approximate surface area is 110 Å². The molecule has 0 heterocycles. The Morgan fingerprint density at radius 2 is 1.94 bits per heavy atom. The average Bonchev–Trinajstić information content (AvgIpc) is 2.39. The molecular weight excluding hydrogens is 224 g/mol. The number of nitrogens with zero attached hydrogens (tertiary/aromatic N) is 1. The topological polar surface area (TPSA) is 32.3 Å². The summed E-state index contributed by atoms with van der Waals surface area (Å²) in [7, 11) is 0. The van der Waals surface area contributed by atoms with Crippen LogP contribution in [0.1, 0.15) is 25.8 Å². The zero-order valence-electron chi connectivity index (χ0n) is 11.5. The number of carbonyl (C=O) groups is 1. The van der Waals surface area contributed by atoms with E-state index in [0.717, 1.165) is 25.9 Å². The molecule has 1 amide bonds. The number of carbonyl (C=O) groups excluding carboxylic acids is 1. The maximum absolute atomic E-state index is 11.5. The van der Waals surface area contributed by atoms with Crippen LogP contribution in [0.25, 0.3) is 0 Å². The van der Waals surface area contributed by atoms with Gasteiger partial charge in [0.2, 0.25) is 5.91 Å². The number of hydrogen-bond donors (Lipinski definition) is 1. The number of rotatable bonds is 8. The minimum atomic E-state index is 0.124. The summed E-state index contributed by atoms with van der Waals surface area (Å²) in [5.41, 5.74) is 1.37. The van der Waals surface area contributed by atoms with E-state index in [1.54, 1.807) is 0 Å². The molecule has 0 spiro atoms. The Kier molecular flexibility index (Phi) is 7.11. The van der Waals surface area contributed by atoms with Gasteiger partial charge in [0, 0.05) is 6.54 Å². The lowest BCUT2D eigenvalue weighted by molar-refractivity contribution is -0.122. The van der Waals surface area contributed by atoms with Crippen molar-refractivity contribution in [1.29, 1.82) is 0 Å². The van der Waals surface area contributed by atoms with Crippen molar-refractivity contribution in [2.24, 2.45) is 0 Å². The van der Waals surface area contributed by atoms with Crippen LogP contribution in [-0.2, 0) is 11.2 Å². The molecule has 1 aromatic carbocycles. The van der Waals surface area contributed by atoms with Gasteiger partial charge in [-0.2, -0.15) is 0 Å². The number of hydrogen-bond acceptors (Lipinski definition) is 2. The average molecular weight is 248 g/mol. The summed E-state index contributed by atoms with van der Waals surface area (Å²) in [6.45, 7) is 7.17. The highest BCUT2D eigenvalue weighted by atomic mass is 16.2. The highest BCUT2D eigenvalue weighted by molar-refractivity contribution is 5.77. The van der Waals surface area contributed by atoms with Crippen LogP contribution in [0.4, 0.5) is 0 Å². The lowest BCUT2D eigenvalue weighted by atomic mass is 10.1. The van der Waals surface area contributed by atoms with Gasteiger partial charge in [-0.15, -0.1) is 0 Å². The largest absolute Gasteiger partial charge is 0.355 e. The van der Waals surface area contributed by atoms with Gasteiger partial charge in [-0.25, -0.2) is 0 Å². The molecule has 0 atom stereocenters. The van der Waals surface area contributed by atoms with E-state index in [1.807, 2.05) is 13.0 Å². The van der Waals surface area contributed by atoms with E-state index in [0.29, 0.717) is 13.1 Å². The Bertz CT molecular complexity index is 338. The molecule has 1 rings (SSSR count). The predicted molar refractivity (Wildman–Crippen MR) is 75.6 cm³/mol. The molecule has 0 aromatic heterocycles. The van der Waals surface area contributed by atoms with Crippen LogP contribution in [0.2, 0.25) is 0 Å². The second-order valence-electron chi connectivity index (χ2n) is 4.41. The van der Waals surface area contributed by atoms with Crippen LogP contribution >= 0.6 is 0 Å². The van der Waals surface area contributed by atoms with Crippen LogP contribution in [0.3, 0.4) is 0 Å². The quantitative estimate of drug-likeness (QED) is 0.764. The Balaban J connectivity index is 2.25. The Morgan fingerprint density at radius 1 is 1.22 bits per heavy atom. The van der Waals surface area contributed by atoms with E-state index in [9.17, 15) is 4.79 Å². The molecule has 0 saturated heterocycles. The number of benzene rings is 1. The normalized spacial score (nSPS) is 10.6. The third kappa shape index (κ3) is 5.82. The molecule has 0 unspecified atom stereocenters. The highest BCUT2D eigenvalue weighted by Crippen LogP contribution is 2.03. The van der Waals surface area contributed by atoms with E-state index in [4.69, 9.17) is 0 Å². The number of amides is 1. The first-order valence-corrected chi connectivity index (χ1v) is 6.79. The summed E-state index contributed by atoms with van der Waals surface area (Å²) in [4.78, 5) is 13.7. The van der Waals surface area contributed by atoms with Crippen molar-refractivity contribution in [3.8, 4) is 0 Å². The van der Waals surface area contributed by atoms with Crippen LogP contribution in [0.15, 0.2) is 30.3 Å². The van der Waals surface area contributed by atoms with E-state index in [2.05, 4.69) is 41.4 Å². The van der Waals surface area contributed by atoms with E-state index in [-0.39, 0.29) is 5.91 Å². The fraction of sp³-hybridized carbons (Fsp3) is 0.533. The van der Waals surface area contributed by atoms with Crippen molar-refractivity contribution in [2.45, 2.75) is 26.7 Å². The molecule has 0 aliphatic carbocycles. The first-order valence-electron chi connectivity index (χ1n) is 6.79. The molecule has 3 heteroatoms. The van der Waals surface area contributed by atoms with Crippen molar-refractivity contribution in [1.82, 2.24) is 10.2 Å². The number of nitrogens with one attached hydrogen (secondary N) is 1. The lowest BCUT2D eigenvalue weighted by Crippen LogP contribution is -2.37. The smallest absolute Gasteiger partial charge is 0.234 e. The minimum Gasteiger partial charge on any atom is -0.355 e. The molecule has 0 radical (unpaired) electrons. The van der Waals surface area contributed by atoms with E-state index in [1.165, 1.54) is 5.56 Å². The van der Waals surface area contributed by atoms with Crippen LogP contribution in [-0.4, -0.2) is 37.0 Å².